The molecule has 1 heterocycles. The molecule has 2 aliphatic rings. The number of nitrogens with zero attached hydrogens (tertiary/aromatic N) is 1. The number of carbonyl (C=O) groups is 2. The van der Waals surface area contributed by atoms with Crippen LogP contribution in [0.3, 0.4) is 0 Å². The first-order chi connectivity index (χ1) is 8.09. The molecule has 0 radical (unpaired) electrons. The third kappa shape index (κ3) is 2.30. The lowest BCUT2D eigenvalue weighted by atomic mass is 9.81. The van der Waals surface area contributed by atoms with Gasteiger partial charge in [0.05, 0.1) is 0 Å². The molecule has 96 valence electrons. The van der Waals surface area contributed by atoms with Crippen molar-refractivity contribution >= 4 is 24.6 Å². The zero-order chi connectivity index (χ0) is 12.5. The van der Waals surface area contributed by atoms with Gasteiger partial charge >= 0.3 is 6.03 Å². The fourth-order valence-electron chi connectivity index (χ4n) is 2.71. The van der Waals surface area contributed by atoms with Crippen LogP contribution in [-0.2, 0) is 4.79 Å². The summed E-state index contributed by atoms with van der Waals surface area (Å²) in [6.45, 7) is 2.48. The Morgan fingerprint density at radius 3 is 2.59 bits per heavy atom. The molecule has 1 N–H and O–H groups in total. The Morgan fingerprint density at radius 1 is 1.35 bits per heavy atom. The molecular weight excluding hydrogens is 236 g/mol. The summed E-state index contributed by atoms with van der Waals surface area (Å²) >= 11 is 4.20. The van der Waals surface area contributed by atoms with E-state index in [1.165, 1.54) is 4.90 Å². The van der Waals surface area contributed by atoms with Gasteiger partial charge in [0.15, 0.2) is 0 Å². The van der Waals surface area contributed by atoms with E-state index >= 15 is 0 Å². The molecule has 5 heteroatoms. The third-order valence-electron chi connectivity index (χ3n) is 3.76. The Kier molecular flexibility index (Phi) is 3.66. The van der Waals surface area contributed by atoms with E-state index in [9.17, 15) is 9.59 Å². The Bertz CT molecular complexity index is 326. The minimum atomic E-state index is -0.578. The number of rotatable bonds is 3. The molecule has 1 spiro atoms. The molecule has 17 heavy (non-hydrogen) atoms. The third-order valence-corrected chi connectivity index (χ3v) is 4.38. The fourth-order valence-corrected chi connectivity index (χ4v) is 2.82. The van der Waals surface area contributed by atoms with Crippen LogP contribution in [0.4, 0.5) is 4.79 Å². The van der Waals surface area contributed by atoms with Crippen LogP contribution >= 0.6 is 12.6 Å². The largest absolute Gasteiger partial charge is 0.325 e. The van der Waals surface area contributed by atoms with E-state index in [0.29, 0.717) is 12.3 Å². The van der Waals surface area contributed by atoms with Crippen molar-refractivity contribution in [3.63, 3.8) is 0 Å². The number of hydrogen-bond acceptors (Lipinski definition) is 3. The van der Waals surface area contributed by atoms with Crippen molar-refractivity contribution < 1.29 is 9.59 Å². The Balaban J connectivity index is 2.10. The van der Waals surface area contributed by atoms with E-state index < -0.39 is 5.54 Å². The van der Waals surface area contributed by atoms with Gasteiger partial charge in [0.25, 0.3) is 5.91 Å². The Morgan fingerprint density at radius 2 is 2.00 bits per heavy atom. The molecule has 2 fully saturated rings. The van der Waals surface area contributed by atoms with E-state index in [1.807, 2.05) is 6.92 Å². The van der Waals surface area contributed by atoms with Gasteiger partial charge in [0.1, 0.15) is 5.54 Å². The number of nitrogens with one attached hydrogen (secondary N) is 1. The summed E-state index contributed by atoms with van der Waals surface area (Å²) in [4.78, 5) is 25.6. The predicted octanol–water partition coefficient (Wildman–Crippen LogP) is 1.81. The van der Waals surface area contributed by atoms with Crippen LogP contribution in [0, 0.1) is 5.92 Å². The number of carbonyl (C=O) groups excluding carboxylic acids is 2. The average molecular weight is 256 g/mol. The second-order valence-electron chi connectivity index (χ2n) is 5.28. The zero-order valence-electron chi connectivity index (χ0n) is 10.2. The first kappa shape index (κ1) is 12.7. The minimum absolute atomic E-state index is 0.0177. The monoisotopic (exact) mass is 256 g/mol. The molecular formula is C12H20N2O2S. The SMILES string of the molecule is CC(CS)CN1C(=O)NC2(CCCCC2)C1=O. The smallest absolute Gasteiger partial charge is 0.323 e. The summed E-state index contributed by atoms with van der Waals surface area (Å²) in [5, 5.41) is 2.91. The summed E-state index contributed by atoms with van der Waals surface area (Å²) < 4.78 is 0. The van der Waals surface area contributed by atoms with Crippen molar-refractivity contribution in [2.24, 2.45) is 5.92 Å². The molecule has 0 bridgehead atoms. The van der Waals surface area contributed by atoms with Crippen LogP contribution in [0.1, 0.15) is 39.0 Å². The van der Waals surface area contributed by atoms with Gasteiger partial charge < -0.3 is 5.32 Å². The van der Waals surface area contributed by atoms with E-state index in [4.69, 9.17) is 0 Å². The van der Waals surface area contributed by atoms with E-state index in [2.05, 4.69) is 17.9 Å². The Hall–Kier alpha value is -0.710. The number of amides is 3. The molecule has 2 rings (SSSR count). The van der Waals surface area contributed by atoms with Crippen molar-refractivity contribution in [3.8, 4) is 0 Å². The summed E-state index contributed by atoms with van der Waals surface area (Å²) in [5.41, 5.74) is -0.578. The highest BCUT2D eigenvalue weighted by Crippen LogP contribution is 2.33. The number of imide groups is 1. The molecule has 4 nitrogen and oxygen atoms in total. The standard InChI is InChI=1S/C12H20N2O2S/c1-9(8-17)7-14-10(15)12(13-11(14)16)5-3-2-4-6-12/h9,17H,2-8H2,1H3,(H,13,16). The molecule has 3 amide bonds. The summed E-state index contributed by atoms with van der Waals surface area (Å²) in [6, 6.07) is -0.217. The van der Waals surface area contributed by atoms with E-state index in [1.54, 1.807) is 0 Å². The van der Waals surface area contributed by atoms with Crippen molar-refractivity contribution in [1.82, 2.24) is 10.2 Å². The van der Waals surface area contributed by atoms with Crippen molar-refractivity contribution in [3.05, 3.63) is 0 Å². The highest BCUT2D eigenvalue weighted by Gasteiger charge is 2.51. The highest BCUT2D eigenvalue weighted by atomic mass is 32.1. The van der Waals surface area contributed by atoms with Crippen LogP contribution in [0.5, 0.6) is 0 Å². The molecule has 1 unspecified atom stereocenters. The predicted molar refractivity (Wildman–Crippen MR) is 69.1 cm³/mol. The Labute approximate surface area is 108 Å². The van der Waals surface area contributed by atoms with E-state index in [-0.39, 0.29) is 17.9 Å². The number of thiol groups is 1. The second kappa shape index (κ2) is 4.88. The first-order valence-electron chi connectivity index (χ1n) is 6.34. The molecule has 1 saturated carbocycles. The van der Waals surface area contributed by atoms with Crippen LogP contribution in [0.15, 0.2) is 0 Å². The summed E-state index contributed by atoms with van der Waals surface area (Å²) in [7, 11) is 0. The topological polar surface area (TPSA) is 49.4 Å². The molecule has 1 saturated heterocycles. The van der Waals surface area contributed by atoms with Gasteiger partial charge in [-0.25, -0.2) is 4.79 Å². The molecule has 1 aliphatic carbocycles. The average Bonchev–Trinajstić information content (AvgIpc) is 2.55. The van der Waals surface area contributed by atoms with Crippen molar-refractivity contribution in [2.45, 2.75) is 44.6 Å². The van der Waals surface area contributed by atoms with Gasteiger partial charge in [-0.15, -0.1) is 0 Å². The molecule has 0 aromatic heterocycles. The molecule has 1 aliphatic heterocycles. The number of hydrogen-bond donors (Lipinski definition) is 2. The lowest BCUT2D eigenvalue weighted by Crippen LogP contribution is -2.48. The van der Waals surface area contributed by atoms with Crippen LogP contribution in [-0.4, -0.2) is 34.7 Å². The number of urea groups is 1. The highest BCUT2D eigenvalue weighted by molar-refractivity contribution is 7.80. The van der Waals surface area contributed by atoms with Gasteiger partial charge in [-0.05, 0) is 24.5 Å². The molecule has 1 atom stereocenters. The second-order valence-corrected chi connectivity index (χ2v) is 5.64. The van der Waals surface area contributed by atoms with Crippen molar-refractivity contribution in [1.29, 1.82) is 0 Å². The zero-order valence-corrected chi connectivity index (χ0v) is 11.1. The lowest BCUT2D eigenvalue weighted by Gasteiger charge is -2.30. The van der Waals surface area contributed by atoms with Crippen LogP contribution in [0.2, 0.25) is 0 Å². The summed E-state index contributed by atoms with van der Waals surface area (Å²) in [5.74, 6) is 0.909. The van der Waals surface area contributed by atoms with Gasteiger partial charge in [-0.1, -0.05) is 26.2 Å². The maximum absolute atomic E-state index is 12.4. The first-order valence-corrected chi connectivity index (χ1v) is 6.97. The van der Waals surface area contributed by atoms with Crippen molar-refractivity contribution in [2.75, 3.05) is 12.3 Å². The summed E-state index contributed by atoms with van der Waals surface area (Å²) in [6.07, 6.45) is 4.81. The normalized spacial score (nSPS) is 25.2. The van der Waals surface area contributed by atoms with Crippen LogP contribution in [0.25, 0.3) is 0 Å². The fraction of sp³-hybridized carbons (Fsp3) is 0.833. The maximum atomic E-state index is 12.4. The van der Waals surface area contributed by atoms with E-state index in [0.717, 1.165) is 32.1 Å². The quantitative estimate of drug-likeness (QED) is 0.597. The van der Waals surface area contributed by atoms with Crippen LogP contribution < -0.4 is 5.32 Å². The minimum Gasteiger partial charge on any atom is -0.323 e. The molecule has 0 aromatic rings. The van der Waals surface area contributed by atoms with Gasteiger partial charge in [-0.2, -0.15) is 12.6 Å². The van der Waals surface area contributed by atoms with Gasteiger partial charge in [0.2, 0.25) is 0 Å². The molecule has 0 aromatic carbocycles. The van der Waals surface area contributed by atoms with Gasteiger partial charge in [-0.3, -0.25) is 9.69 Å². The van der Waals surface area contributed by atoms with Gasteiger partial charge in [0, 0.05) is 6.54 Å². The maximum Gasteiger partial charge on any atom is 0.325 e. The lowest BCUT2D eigenvalue weighted by molar-refractivity contribution is -0.132.